The molecule has 0 bridgehead atoms. The summed E-state index contributed by atoms with van der Waals surface area (Å²) in [5.74, 6) is -0.816. The summed E-state index contributed by atoms with van der Waals surface area (Å²) in [6.45, 7) is 8.34. The van der Waals surface area contributed by atoms with Crippen molar-refractivity contribution in [2.24, 2.45) is 5.41 Å². The van der Waals surface area contributed by atoms with Crippen LogP contribution < -0.4 is 24.6 Å². The van der Waals surface area contributed by atoms with Crippen molar-refractivity contribution in [3.63, 3.8) is 0 Å². The SMILES string of the molecule is CC1(C)CCC(CN2CCN(c3ccc(C(=O)NS(=O)(=O)c4ccc(NCC5(F)CCOCC5)c(S(=N)(=O)C(F)(F)F)c4)c(N4CCOc5nc6[nH]ccc6cc54)c3)CC2)=C(c2ccc(Cl)cc2)C1. The predicted molar refractivity (Wildman–Crippen MR) is 258 cm³/mol. The number of ether oxygens (including phenoxy) is 2. The highest BCUT2D eigenvalue weighted by Crippen LogP contribution is 2.45. The number of nitrogens with zero attached hydrogens (tertiary/aromatic N) is 4. The average Bonchev–Trinajstić information content (AvgIpc) is 3.78. The van der Waals surface area contributed by atoms with Gasteiger partial charge in [-0.3, -0.25) is 9.69 Å². The molecule has 3 aliphatic heterocycles. The Morgan fingerprint density at radius 3 is 2.38 bits per heavy atom. The van der Waals surface area contributed by atoms with Crippen molar-refractivity contribution in [3.05, 3.63) is 101 Å². The van der Waals surface area contributed by atoms with Crippen molar-refractivity contribution < 1.29 is 44.5 Å². The fourth-order valence-corrected chi connectivity index (χ4v) is 11.7. The summed E-state index contributed by atoms with van der Waals surface area (Å²) in [5.41, 5.74) is -1.75. The van der Waals surface area contributed by atoms with Gasteiger partial charge in [-0.2, -0.15) is 18.2 Å². The van der Waals surface area contributed by atoms with Gasteiger partial charge in [0.25, 0.3) is 15.9 Å². The van der Waals surface area contributed by atoms with Gasteiger partial charge in [0.05, 0.1) is 33.3 Å². The minimum absolute atomic E-state index is 0.0590. The van der Waals surface area contributed by atoms with Crippen LogP contribution in [0.3, 0.4) is 0 Å². The highest BCUT2D eigenvalue weighted by Gasteiger charge is 2.45. The molecule has 5 aromatic rings. The number of hydrogen-bond acceptors (Lipinski definition) is 12. The molecule has 4 N–H and O–H groups in total. The van der Waals surface area contributed by atoms with Gasteiger partial charge in [0.2, 0.25) is 5.88 Å². The molecular weight excluding hydrogens is 960 g/mol. The van der Waals surface area contributed by atoms with Gasteiger partial charge in [-0.15, -0.1) is 0 Å². The monoisotopic (exact) mass is 1010 g/mol. The summed E-state index contributed by atoms with van der Waals surface area (Å²) in [6, 6.07) is 19.0. The quantitative estimate of drug-likeness (QED) is 0.0878. The maximum absolute atomic E-state index is 15.5. The normalized spacial score (nSPS) is 19.7. The summed E-state index contributed by atoms with van der Waals surface area (Å²) in [4.78, 5) is 26.5. The molecule has 1 atom stereocenters. The Balaban J connectivity index is 1.00. The van der Waals surface area contributed by atoms with E-state index < -0.39 is 58.9 Å². The van der Waals surface area contributed by atoms with Gasteiger partial charge in [-0.05, 0) is 96.5 Å². The van der Waals surface area contributed by atoms with E-state index in [1.54, 1.807) is 12.3 Å². The van der Waals surface area contributed by atoms with Crippen LogP contribution in [0.4, 0.5) is 40.3 Å². The summed E-state index contributed by atoms with van der Waals surface area (Å²) < 4.78 is 120. The highest BCUT2D eigenvalue weighted by molar-refractivity contribution is 7.93. The molecule has 2 saturated heterocycles. The maximum Gasteiger partial charge on any atom is 0.483 e. The lowest BCUT2D eigenvalue weighted by atomic mass is 9.72. The van der Waals surface area contributed by atoms with Crippen molar-refractivity contribution in [1.82, 2.24) is 19.6 Å². The topological polar surface area (TPSA) is 173 Å². The molecule has 0 spiro atoms. The number of halogens is 5. The summed E-state index contributed by atoms with van der Waals surface area (Å²) in [7, 11) is -10.7. The molecule has 9 rings (SSSR count). The van der Waals surface area contributed by atoms with Gasteiger partial charge in [0.15, 0.2) is 9.73 Å². The van der Waals surface area contributed by atoms with E-state index in [2.05, 4.69) is 51.1 Å². The van der Waals surface area contributed by atoms with E-state index in [9.17, 15) is 30.6 Å². The van der Waals surface area contributed by atoms with Crippen LogP contribution in [0.2, 0.25) is 5.02 Å². The third-order valence-electron chi connectivity index (χ3n) is 13.5. The number of benzene rings is 3. The number of amides is 1. The van der Waals surface area contributed by atoms with Crippen LogP contribution >= 0.6 is 11.6 Å². The largest absolute Gasteiger partial charge is 0.483 e. The second kappa shape index (κ2) is 18.7. The van der Waals surface area contributed by atoms with Gasteiger partial charge in [-0.1, -0.05) is 43.2 Å². The first kappa shape index (κ1) is 48.6. The molecule has 1 amide bonds. The zero-order chi connectivity index (χ0) is 48.9. The van der Waals surface area contributed by atoms with Crippen LogP contribution in [-0.2, 0) is 24.5 Å². The van der Waals surface area contributed by atoms with Crippen molar-refractivity contribution in [2.45, 2.75) is 66.9 Å². The molecule has 4 aliphatic rings. The zero-order valence-electron chi connectivity index (χ0n) is 38.1. The summed E-state index contributed by atoms with van der Waals surface area (Å²) in [6.07, 6.45) is 4.67. The lowest BCUT2D eigenvalue weighted by molar-refractivity contribution is -0.0406. The third kappa shape index (κ3) is 10.3. The number of carbonyl (C=O) groups excluding carboxylic acids is 1. The number of rotatable bonds is 12. The number of piperazine rings is 1. The van der Waals surface area contributed by atoms with E-state index in [1.165, 1.54) is 22.8 Å². The summed E-state index contributed by atoms with van der Waals surface area (Å²) in [5, 5.41) is 3.98. The Morgan fingerprint density at radius 1 is 0.913 bits per heavy atom. The molecular formula is C48H53ClF4N8O6S2. The molecule has 21 heteroatoms. The van der Waals surface area contributed by atoms with Crippen molar-refractivity contribution in [3.8, 4) is 5.88 Å². The van der Waals surface area contributed by atoms with E-state index in [-0.39, 0.29) is 56.1 Å². The Labute approximate surface area is 403 Å². The molecule has 14 nitrogen and oxygen atoms in total. The number of hydrogen-bond donors (Lipinski definition) is 4. The minimum Gasteiger partial charge on any atom is -0.474 e. The van der Waals surface area contributed by atoms with Crippen LogP contribution in [0.5, 0.6) is 5.88 Å². The van der Waals surface area contributed by atoms with Crippen molar-refractivity contribution in [1.29, 1.82) is 4.78 Å². The van der Waals surface area contributed by atoms with E-state index in [0.29, 0.717) is 41.2 Å². The number of sulfonamides is 1. The Hall–Kier alpha value is -5.41. The number of nitrogens with one attached hydrogen (secondary N) is 4. The molecule has 1 unspecified atom stereocenters. The predicted octanol–water partition coefficient (Wildman–Crippen LogP) is 9.51. The lowest BCUT2D eigenvalue weighted by Gasteiger charge is -2.39. The van der Waals surface area contributed by atoms with Crippen LogP contribution in [0.25, 0.3) is 16.6 Å². The average molecular weight is 1010 g/mol. The number of anilines is 4. The van der Waals surface area contributed by atoms with E-state index in [4.69, 9.17) is 25.9 Å². The molecule has 5 heterocycles. The smallest absolute Gasteiger partial charge is 0.474 e. The lowest BCUT2D eigenvalue weighted by Crippen LogP contribution is -2.47. The molecule has 69 heavy (non-hydrogen) atoms. The molecule has 0 radical (unpaired) electrons. The first-order valence-corrected chi connectivity index (χ1v) is 26.1. The number of aromatic nitrogens is 2. The molecule has 368 valence electrons. The zero-order valence-corrected chi connectivity index (χ0v) is 40.4. The van der Waals surface area contributed by atoms with Crippen LogP contribution in [-0.4, -0.2) is 110 Å². The number of carbonyl (C=O) groups is 1. The third-order valence-corrected chi connectivity index (χ3v) is 16.7. The second-order valence-corrected chi connectivity index (χ2v) is 23.0. The highest BCUT2D eigenvalue weighted by atomic mass is 35.5. The molecule has 2 fully saturated rings. The number of aromatic amines is 1. The van der Waals surface area contributed by atoms with Crippen LogP contribution in [0, 0.1) is 10.2 Å². The van der Waals surface area contributed by atoms with E-state index in [1.807, 2.05) is 40.0 Å². The Bertz CT molecular complexity index is 3030. The van der Waals surface area contributed by atoms with Gasteiger partial charge >= 0.3 is 5.51 Å². The van der Waals surface area contributed by atoms with E-state index >= 15 is 4.39 Å². The van der Waals surface area contributed by atoms with Gasteiger partial charge in [0, 0.05) is 87.6 Å². The van der Waals surface area contributed by atoms with Gasteiger partial charge in [0.1, 0.15) is 23.6 Å². The fourth-order valence-electron chi connectivity index (χ4n) is 9.47. The van der Waals surface area contributed by atoms with Gasteiger partial charge in [-0.25, -0.2) is 26.5 Å². The first-order chi connectivity index (χ1) is 32.7. The van der Waals surface area contributed by atoms with Crippen molar-refractivity contribution in [2.75, 3.05) is 80.8 Å². The summed E-state index contributed by atoms with van der Waals surface area (Å²) >= 11 is 6.25. The Kier molecular flexibility index (Phi) is 13.2. The minimum atomic E-state index is -5.68. The number of alkyl halides is 4. The fraction of sp³-hybridized carbons (Fsp3) is 0.417. The van der Waals surface area contributed by atoms with Crippen LogP contribution in [0.1, 0.15) is 61.9 Å². The Morgan fingerprint density at radius 2 is 1.65 bits per heavy atom. The van der Waals surface area contributed by atoms with Crippen LogP contribution in [0.15, 0.2) is 94.4 Å². The number of pyridine rings is 1. The van der Waals surface area contributed by atoms with Gasteiger partial charge < -0.3 is 29.6 Å². The molecule has 1 aliphatic carbocycles. The molecule has 0 saturated carbocycles. The number of H-pyrrole nitrogens is 1. The second-order valence-electron chi connectivity index (χ2n) is 18.8. The number of allylic oxidation sites excluding steroid dienone is 1. The maximum atomic E-state index is 15.5. The number of fused-ring (bicyclic) bond motifs is 2. The standard InChI is InChI=1S/C48H53ClF4N8O6S2/c1-46(2)13-11-33(38(28-46)31-3-5-34(49)6-4-31)29-59-17-19-60(20-18-59)35-7-9-37(40(26-35)61-21-24-67-45-41(61)25-32-12-16-55-43(32)57-45)44(62)58-69(64,65)36-8-10-39(42(27-36)68(54,63)48(51,52)53)56-30-47(50)14-22-66-23-15-47/h3-10,12,16,25-27,54,56H,11,13-15,17-24,28-30H2,1-2H3,(H,55,57)(H,58,62). The molecule has 2 aromatic heterocycles. The van der Waals surface area contributed by atoms with E-state index in [0.717, 1.165) is 62.1 Å². The first-order valence-electron chi connectivity index (χ1n) is 22.7. The van der Waals surface area contributed by atoms with Crippen molar-refractivity contribution >= 4 is 76.6 Å². The molecule has 3 aromatic carbocycles.